The van der Waals surface area contributed by atoms with Gasteiger partial charge in [-0.05, 0) is 75.7 Å². The van der Waals surface area contributed by atoms with Gasteiger partial charge in [-0.3, -0.25) is 14.5 Å². The van der Waals surface area contributed by atoms with Crippen molar-refractivity contribution in [3.63, 3.8) is 0 Å². The minimum absolute atomic E-state index is 0.00690. The third kappa shape index (κ3) is 4.06. The average Bonchev–Trinajstić information content (AvgIpc) is 3.21. The minimum atomic E-state index is -0.223. The molecule has 1 amide bonds. The Labute approximate surface area is 232 Å². The van der Waals surface area contributed by atoms with Gasteiger partial charge in [0.2, 0.25) is 5.95 Å². The van der Waals surface area contributed by atoms with E-state index in [1.165, 1.54) is 11.1 Å². The van der Waals surface area contributed by atoms with Crippen molar-refractivity contribution >= 4 is 34.3 Å². The number of rotatable bonds is 6. The van der Waals surface area contributed by atoms with Gasteiger partial charge < -0.3 is 15.0 Å². The Bertz CT molecular complexity index is 1720. The van der Waals surface area contributed by atoms with E-state index >= 15 is 0 Å². The smallest absolute Gasteiger partial charge is 0.278 e. The maximum absolute atomic E-state index is 13.4. The van der Waals surface area contributed by atoms with Crippen molar-refractivity contribution < 1.29 is 9.53 Å². The van der Waals surface area contributed by atoms with Crippen LogP contribution in [0.4, 0.5) is 17.3 Å². The normalized spacial score (nSPS) is 16.4. The van der Waals surface area contributed by atoms with Crippen LogP contribution in [0.3, 0.4) is 0 Å². The lowest BCUT2D eigenvalue weighted by Gasteiger charge is -2.41. The molecule has 4 heterocycles. The number of nitrogens with one attached hydrogen (secondary N) is 1. The molecule has 2 aromatic carbocycles. The number of carbonyl (C=O) groups is 1. The van der Waals surface area contributed by atoms with Gasteiger partial charge in [-0.15, -0.1) is 6.58 Å². The number of amides is 1. The van der Waals surface area contributed by atoms with Crippen LogP contribution in [0.5, 0.6) is 5.75 Å². The van der Waals surface area contributed by atoms with Crippen LogP contribution in [0.15, 0.2) is 60.0 Å². The molecule has 0 unspecified atom stereocenters. The Morgan fingerprint density at radius 1 is 1.18 bits per heavy atom. The van der Waals surface area contributed by atoms with E-state index in [4.69, 9.17) is 9.72 Å². The summed E-state index contributed by atoms with van der Waals surface area (Å²) in [4.78, 5) is 39.2. The molecule has 4 aromatic rings. The zero-order valence-electron chi connectivity index (χ0n) is 23.3. The molecule has 0 aliphatic carbocycles. The molecule has 0 radical (unpaired) electrons. The van der Waals surface area contributed by atoms with Crippen molar-refractivity contribution in [1.29, 1.82) is 0 Å². The summed E-state index contributed by atoms with van der Waals surface area (Å²) in [5.74, 6) is 0.899. The second-order valence-corrected chi connectivity index (χ2v) is 10.7. The van der Waals surface area contributed by atoms with Crippen LogP contribution in [-0.4, -0.2) is 56.9 Å². The van der Waals surface area contributed by atoms with E-state index < -0.39 is 0 Å². The summed E-state index contributed by atoms with van der Waals surface area (Å²) in [6.45, 7) is 12.0. The van der Waals surface area contributed by atoms with Crippen LogP contribution in [-0.2, 0) is 23.3 Å². The molecule has 0 bridgehead atoms. The van der Waals surface area contributed by atoms with Gasteiger partial charge in [-0.25, -0.2) is 14.3 Å². The maximum atomic E-state index is 13.4. The number of hydrogen-bond donors (Lipinski definition) is 1. The highest BCUT2D eigenvalue weighted by atomic mass is 16.5. The van der Waals surface area contributed by atoms with E-state index in [0.717, 1.165) is 18.7 Å². The number of fused-ring (bicyclic) bond motifs is 3. The lowest BCUT2D eigenvalue weighted by Crippen LogP contribution is -2.43. The number of allylic oxidation sites excluding steroid dienone is 1. The Hall–Kier alpha value is -4.44. The Morgan fingerprint density at radius 3 is 2.77 bits per heavy atom. The van der Waals surface area contributed by atoms with Gasteiger partial charge in [0.1, 0.15) is 11.1 Å². The fourth-order valence-corrected chi connectivity index (χ4v) is 5.68. The quantitative estimate of drug-likeness (QED) is 0.370. The molecule has 0 saturated carbocycles. The molecule has 0 spiro atoms. The van der Waals surface area contributed by atoms with Crippen molar-refractivity contribution in [2.24, 2.45) is 0 Å². The van der Waals surface area contributed by atoms with Crippen LogP contribution in [0.2, 0.25) is 0 Å². The third-order valence-electron chi connectivity index (χ3n) is 8.12. The van der Waals surface area contributed by atoms with Crippen LogP contribution in [0.1, 0.15) is 31.9 Å². The van der Waals surface area contributed by atoms with Crippen molar-refractivity contribution in [3.05, 3.63) is 76.7 Å². The highest BCUT2D eigenvalue weighted by Crippen LogP contribution is 2.36. The number of likely N-dealkylation sites (N-methyl/N-ethyl adjacent to an activating group) is 2. The summed E-state index contributed by atoms with van der Waals surface area (Å²) < 4.78 is 8.97. The first kappa shape index (κ1) is 25.8. The van der Waals surface area contributed by atoms with Crippen molar-refractivity contribution in [1.82, 2.24) is 24.2 Å². The number of benzene rings is 2. The van der Waals surface area contributed by atoms with Crippen molar-refractivity contribution in [2.45, 2.75) is 39.3 Å². The SMILES string of the molecule is C=CCn1c(=O)c2cnc(Nc3ccc4c(c3)CCN(C)C4(C)C)nc2n1-c1ccc2c(c1)N(CC)C(=O)CO2. The second kappa shape index (κ2) is 9.63. The van der Waals surface area contributed by atoms with Crippen LogP contribution < -0.4 is 20.5 Å². The summed E-state index contributed by atoms with van der Waals surface area (Å²) in [6.07, 6.45) is 4.19. The summed E-state index contributed by atoms with van der Waals surface area (Å²) in [5.41, 5.74) is 5.03. The van der Waals surface area contributed by atoms with E-state index in [1.54, 1.807) is 26.5 Å². The molecular formula is C30H33N7O3. The van der Waals surface area contributed by atoms with Crippen LogP contribution in [0, 0.1) is 0 Å². The molecule has 206 valence electrons. The van der Waals surface area contributed by atoms with Gasteiger partial charge in [0.25, 0.3) is 11.5 Å². The number of anilines is 3. The fourth-order valence-electron chi connectivity index (χ4n) is 5.68. The van der Waals surface area contributed by atoms with Gasteiger partial charge in [0, 0.05) is 30.5 Å². The summed E-state index contributed by atoms with van der Waals surface area (Å²) in [7, 11) is 2.16. The zero-order chi connectivity index (χ0) is 28.2. The van der Waals surface area contributed by atoms with E-state index in [0.29, 0.717) is 40.7 Å². The summed E-state index contributed by atoms with van der Waals surface area (Å²) >= 11 is 0. The van der Waals surface area contributed by atoms with E-state index in [2.05, 4.69) is 54.8 Å². The molecule has 40 heavy (non-hydrogen) atoms. The predicted octanol–water partition coefficient (Wildman–Crippen LogP) is 3.98. The van der Waals surface area contributed by atoms with E-state index in [1.807, 2.05) is 31.2 Å². The van der Waals surface area contributed by atoms with Crippen molar-refractivity contribution in [3.8, 4) is 11.4 Å². The lowest BCUT2D eigenvalue weighted by molar-refractivity contribution is -0.121. The Balaban J connectivity index is 1.44. The predicted molar refractivity (Wildman–Crippen MR) is 156 cm³/mol. The highest BCUT2D eigenvalue weighted by Gasteiger charge is 2.32. The molecule has 2 aliphatic heterocycles. The second-order valence-electron chi connectivity index (χ2n) is 10.7. The first-order chi connectivity index (χ1) is 19.2. The van der Waals surface area contributed by atoms with Gasteiger partial charge in [-0.1, -0.05) is 12.1 Å². The van der Waals surface area contributed by atoms with Gasteiger partial charge in [0.05, 0.1) is 17.9 Å². The Kier molecular flexibility index (Phi) is 6.22. The molecule has 10 heteroatoms. The Morgan fingerprint density at radius 2 is 2.00 bits per heavy atom. The number of hydrogen-bond acceptors (Lipinski definition) is 7. The monoisotopic (exact) mass is 539 g/mol. The number of carbonyl (C=O) groups excluding carboxylic acids is 1. The van der Waals surface area contributed by atoms with Gasteiger partial charge >= 0.3 is 0 Å². The van der Waals surface area contributed by atoms with Gasteiger partial charge in [-0.2, -0.15) is 4.98 Å². The number of aromatic nitrogens is 4. The summed E-state index contributed by atoms with van der Waals surface area (Å²) in [5, 5.41) is 3.73. The van der Waals surface area contributed by atoms with Crippen LogP contribution >= 0.6 is 0 Å². The van der Waals surface area contributed by atoms with E-state index in [9.17, 15) is 9.59 Å². The molecular weight excluding hydrogens is 506 g/mol. The number of nitrogens with zero attached hydrogens (tertiary/aromatic N) is 6. The summed E-state index contributed by atoms with van der Waals surface area (Å²) in [6, 6.07) is 11.9. The average molecular weight is 540 g/mol. The maximum Gasteiger partial charge on any atom is 0.278 e. The molecule has 2 aliphatic rings. The molecule has 2 aromatic heterocycles. The molecule has 0 fully saturated rings. The molecule has 6 rings (SSSR count). The highest BCUT2D eigenvalue weighted by molar-refractivity contribution is 5.98. The lowest BCUT2D eigenvalue weighted by atomic mass is 9.83. The van der Waals surface area contributed by atoms with Crippen LogP contribution in [0.25, 0.3) is 16.7 Å². The molecule has 0 atom stereocenters. The standard InChI is InChI=1S/C30H33N7O3/c1-6-13-36-28(39)22-17-31-29(32-20-8-10-23-19(15-20)12-14-34(5)30(23,3)4)33-27(22)37(36)21-9-11-25-24(16-21)35(7-2)26(38)18-40-25/h6,8-11,15-17H,1,7,12-14,18H2,2-5H3,(H,31,32,33). The first-order valence-corrected chi connectivity index (χ1v) is 13.5. The molecule has 10 nitrogen and oxygen atoms in total. The topological polar surface area (TPSA) is 97.5 Å². The van der Waals surface area contributed by atoms with Gasteiger partial charge in [0.15, 0.2) is 12.3 Å². The molecule has 0 saturated heterocycles. The van der Waals surface area contributed by atoms with E-state index in [-0.39, 0.29) is 30.2 Å². The fraction of sp³-hybridized carbons (Fsp3) is 0.333. The first-order valence-electron chi connectivity index (χ1n) is 13.5. The zero-order valence-corrected chi connectivity index (χ0v) is 23.3. The minimum Gasteiger partial charge on any atom is -0.482 e. The third-order valence-corrected chi connectivity index (χ3v) is 8.12. The molecule has 1 N–H and O–H groups in total. The van der Waals surface area contributed by atoms with Crippen molar-refractivity contribution in [2.75, 3.05) is 37.0 Å². The number of ether oxygens (including phenoxy) is 1. The largest absolute Gasteiger partial charge is 0.482 e.